The van der Waals surface area contributed by atoms with Gasteiger partial charge in [-0.1, -0.05) is 54.1 Å². The summed E-state index contributed by atoms with van der Waals surface area (Å²) >= 11 is 6.05. The van der Waals surface area contributed by atoms with Gasteiger partial charge in [-0.05, 0) is 30.3 Å². The Morgan fingerprint density at radius 3 is 1.93 bits per heavy atom. The van der Waals surface area contributed by atoms with Crippen LogP contribution in [0.4, 0.5) is 5.69 Å². The van der Waals surface area contributed by atoms with Crippen LogP contribution in [0.3, 0.4) is 0 Å². The van der Waals surface area contributed by atoms with E-state index in [2.05, 4.69) is 5.32 Å². The van der Waals surface area contributed by atoms with E-state index in [1.54, 1.807) is 48.5 Å². The lowest BCUT2D eigenvalue weighted by Crippen LogP contribution is -2.15. The van der Waals surface area contributed by atoms with E-state index in [0.717, 1.165) is 0 Å². The van der Waals surface area contributed by atoms with Gasteiger partial charge in [-0.15, -0.1) is 0 Å². The summed E-state index contributed by atoms with van der Waals surface area (Å²) in [6, 6.07) is 19.1. The van der Waals surface area contributed by atoms with Gasteiger partial charge in [-0.3, -0.25) is 14.4 Å². The van der Waals surface area contributed by atoms with Crippen LogP contribution in [0.25, 0.3) is 0 Å². The van der Waals surface area contributed by atoms with E-state index in [0.29, 0.717) is 27.6 Å². The standard InChI is InChI=1S/C22H16ClNO4/c1-28-19-12-11-17(13-18(19)23)24-22(27)16-9-7-15(8-10-16)21(26)20(25)14-5-3-2-4-6-14/h2-13H,1H3,(H,24,27). The van der Waals surface area contributed by atoms with Gasteiger partial charge in [0.2, 0.25) is 11.6 Å². The summed E-state index contributed by atoms with van der Waals surface area (Å²) in [7, 11) is 1.50. The fraction of sp³-hybridized carbons (Fsp3) is 0.0455. The van der Waals surface area contributed by atoms with Gasteiger partial charge in [-0.2, -0.15) is 0 Å². The predicted octanol–water partition coefficient (Wildman–Crippen LogP) is 4.67. The van der Waals surface area contributed by atoms with Gasteiger partial charge < -0.3 is 10.1 Å². The van der Waals surface area contributed by atoms with E-state index in [9.17, 15) is 14.4 Å². The van der Waals surface area contributed by atoms with Crippen molar-refractivity contribution in [3.8, 4) is 5.75 Å². The molecule has 3 aromatic carbocycles. The predicted molar refractivity (Wildman–Crippen MR) is 108 cm³/mol. The van der Waals surface area contributed by atoms with Crippen LogP contribution in [-0.2, 0) is 0 Å². The molecule has 0 unspecified atom stereocenters. The topological polar surface area (TPSA) is 72.5 Å². The molecular formula is C22H16ClNO4. The van der Waals surface area contributed by atoms with Gasteiger partial charge in [0.1, 0.15) is 5.75 Å². The van der Waals surface area contributed by atoms with Gasteiger partial charge >= 0.3 is 0 Å². The number of anilines is 1. The van der Waals surface area contributed by atoms with Crippen LogP contribution in [-0.4, -0.2) is 24.6 Å². The number of ether oxygens (including phenoxy) is 1. The third-order valence-electron chi connectivity index (χ3n) is 4.06. The van der Waals surface area contributed by atoms with Crippen LogP contribution in [0.15, 0.2) is 72.8 Å². The third-order valence-corrected chi connectivity index (χ3v) is 4.36. The monoisotopic (exact) mass is 393 g/mol. The quantitative estimate of drug-likeness (QED) is 0.488. The molecule has 1 N–H and O–H groups in total. The van der Waals surface area contributed by atoms with E-state index in [4.69, 9.17) is 16.3 Å². The van der Waals surface area contributed by atoms with Crippen molar-refractivity contribution in [2.75, 3.05) is 12.4 Å². The molecule has 1 amide bonds. The first-order valence-electron chi connectivity index (χ1n) is 8.38. The molecule has 0 saturated heterocycles. The van der Waals surface area contributed by atoms with E-state index >= 15 is 0 Å². The number of methoxy groups -OCH3 is 1. The zero-order chi connectivity index (χ0) is 20.1. The zero-order valence-electron chi connectivity index (χ0n) is 14.9. The Morgan fingerprint density at radius 1 is 0.786 bits per heavy atom. The molecule has 6 heteroatoms. The van der Waals surface area contributed by atoms with Crippen molar-refractivity contribution in [2.45, 2.75) is 0 Å². The molecule has 0 bridgehead atoms. The second-order valence-corrected chi connectivity index (χ2v) is 6.31. The number of nitrogens with one attached hydrogen (secondary N) is 1. The molecular weight excluding hydrogens is 378 g/mol. The fourth-order valence-corrected chi connectivity index (χ4v) is 2.83. The number of benzene rings is 3. The zero-order valence-corrected chi connectivity index (χ0v) is 15.7. The summed E-state index contributed by atoms with van der Waals surface area (Å²) in [5, 5.41) is 3.09. The maximum absolute atomic E-state index is 12.4. The highest BCUT2D eigenvalue weighted by molar-refractivity contribution is 6.49. The second kappa shape index (κ2) is 8.50. The molecule has 0 atom stereocenters. The number of ketones is 2. The van der Waals surface area contributed by atoms with Gasteiger partial charge in [0.25, 0.3) is 5.91 Å². The molecule has 3 rings (SSSR count). The second-order valence-electron chi connectivity index (χ2n) is 5.91. The summed E-state index contributed by atoms with van der Waals surface area (Å²) in [4.78, 5) is 37.0. The van der Waals surface area contributed by atoms with Crippen molar-refractivity contribution in [2.24, 2.45) is 0 Å². The maximum Gasteiger partial charge on any atom is 0.255 e. The molecule has 0 aliphatic carbocycles. The molecule has 0 aliphatic heterocycles. The molecule has 0 aliphatic rings. The van der Waals surface area contributed by atoms with E-state index < -0.39 is 11.6 Å². The molecule has 5 nitrogen and oxygen atoms in total. The molecule has 0 fully saturated rings. The number of hydrogen-bond acceptors (Lipinski definition) is 4. The number of carbonyl (C=O) groups excluding carboxylic acids is 3. The van der Waals surface area contributed by atoms with Gasteiger partial charge in [-0.25, -0.2) is 0 Å². The summed E-state index contributed by atoms with van der Waals surface area (Å²) < 4.78 is 5.07. The summed E-state index contributed by atoms with van der Waals surface area (Å²) in [6.45, 7) is 0. The van der Waals surface area contributed by atoms with Crippen molar-refractivity contribution in [3.05, 3.63) is 94.5 Å². The van der Waals surface area contributed by atoms with Crippen molar-refractivity contribution in [3.63, 3.8) is 0 Å². The molecule has 0 saturated carbocycles. The fourth-order valence-electron chi connectivity index (χ4n) is 2.57. The SMILES string of the molecule is COc1ccc(NC(=O)c2ccc(C(=O)C(=O)c3ccccc3)cc2)cc1Cl. The normalized spacial score (nSPS) is 10.2. The van der Waals surface area contributed by atoms with Crippen molar-refractivity contribution in [1.82, 2.24) is 0 Å². The molecule has 0 spiro atoms. The lowest BCUT2D eigenvalue weighted by Gasteiger charge is -2.08. The van der Waals surface area contributed by atoms with E-state index in [-0.39, 0.29) is 11.5 Å². The van der Waals surface area contributed by atoms with E-state index in [1.807, 2.05) is 0 Å². The average Bonchev–Trinajstić information content (AvgIpc) is 2.73. The van der Waals surface area contributed by atoms with E-state index in [1.165, 1.54) is 31.4 Å². The minimum Gasteiger partial charge on any atom is -0.495 e. The number of rotatable bonds is 6. The highest BCUT2D eigenvalue weighted by Gasteiger charge is 2.18. The first-order chi connectivity index (χ1) is 13.5. The summed E-state index contributed by atoms with van der Waals surface area (Å²) in [5.74, 6) is -1.08. The Hall–Kier alpha value is -3.44. The molecule has 140 valence electrons. The van der Waals surface area contributed by atoms with Crippen LogP contribution in [0.1, 0.15) is 31.1 Å². The Bertz CT molecular complexity index is 1030. The molecule has 3 aromatic rings. The average molecular weight is 394 g/mol. The van der Waals surface area contributed by atoms with Gasteiger partial charge in [0.05, 0.1) is 12.1 Å². The molecule has 0 radical (unpaired) electrons. The summed E-state index contributed by atoms with van der Waals surface area (Å²) in [6.07, 6.45) is 0. The number of halogens is 1. The third kappa shape index (κ3) is 4.27. The van der Waals surface area contributed by atoms with Crippen LogP contribution in [0, 0.1) is 0 Å². The first kappa shape index (κ1) is 19.3. The highest BCUT2D eigenvalue weighted by Crippen LogP contribution is 2.27. The molecule has 0 heterocycles. The summed E-state index contributed by atoms with van der Waals surface area (Å²) in [5.41, 5.74) is 1.40. The van der Waals surface area contributed by atoms with Crippen molar-refractivity contribution in [1.29, 1.82) is 0 Å². The Morgan fingerprint density at radius 2 is 1.36 bits per heavy atom. The number of Topliss-reactive ketones (excluding diaryl/α,β-unsaturated/α-hetero) is 2. The Kier molecular flexibility index (Phi) is 5.87. The minimum absolute atomic E-state index is 0.220. The Labute approximate surface area is 166 Å². The molecule has 28 heavy (non-hydrogen) atoms. The first-order valence-corrected chi connectivity index (χ1v) is 8.76. The highest BCUT2D eigenvalue weighted by atomic mass is 35.5. The number of hydrogen-bond donors (Lipinski definition) is 1. The maximum atomic E-state index is 12.4. The number of amides is 1. The smallest absolute Gasteiger partial charge is 0.255 e. The molecule has 0 aromatic heterocycles. The van der Waals surface area contributed by atoms with Crippen LogP contribution < -0.4 is 10.1 Å². The van der Waals surface area contributed by atoms with Gasteiger partial charge in [0.15, 0.2) is 0 Å². The van der Waals surface area contributed by atoms with Crippen molar-refractivity contribution < 1.29 is 19.1 Å². The van der Waals surface area contributed by atoms with Crippen molar-refractivity contribution >= 4 is 34.8 Å². The lowest BCUT2D eigenvalue weighted by molar-refractivity contribution is 0.0817. The minimum atomic E-state index is -0.625. The van der Waals surface area contributed by atoms with Crippen LogP contribution in [0.5, 0.6) is 5.75 Å². The van der Waals surface area contributed by atoms with Crippen LogP contribution >= 0.6 is 11.6 Å². The Balaban J connectivity index is 1.71. The largest absolute Gasteiger partial charge is 0.495 e. The van der Waals surface area contributed by atoms with Gasteiger partial charge in [0, 0.05) is 22.4 Å². The lowest BCUT2D eigenvalue weighted by atomic mass is 10.0. The van der Waals surface area contributed by atoms with Crippen LogP contribution in [0.2, 0.25) is 5.02 Å². The number of carbonyl (C=O) groups is 3.